The number of aliphatic carboxylic acids is 1. The monoisotopic (exact) mass is 376 g/mol. The van der Waals surface area contributed by atoms with Crippen LogP contribution in [-0.2, 0) is 11.3 Å². The number of para-hydroxylation sites is 1. The van der Waals surface area contributed by atoms with Gasteiger partial charge in [0.1, 0.15) is 17.8 Å². The highest BCUT2D eigenvalue weighted by molar-refractivity contribution is 7.16. The van der Waals surface area contributed by atoms with E-state index >= 15 is 0 Å². The number of carbonyl (C=O) groups excluding carboxylic acids is 1. The largest absolute Gasteiger partial charge is 0.495 e. The molecular formula is C17H13ClN2O4S. The Hall–Kier alpha value is -2.64. The van der Waals surface area contributed by atoms with Crippen LogP contribution in [0.2, 0.25) is 5.02 Å². The number of nitrogens with zero attached hydrogens (tertiary/aromatic N) is 2. The number of benzene rings is 2. The number of hydrogen-bond acceptors (Lipinski definition) is 4. The molecule has 1 amide bonds. The average Bonchev–Trinajstić information content (AvgIpc) is 2.91. The fourth-order valence-corrected chi connectivity index (χ4v) is 3.64. The van der Waals surface area contributed by atoms with E-state index in [4.69, 9.17) is 16.3 Å². The van der Waals surface area contributed by atoms with Gasteiger partial charge in [-0.1, -0.05) is 35.1 Å². The molecule has 1 N–H and O–H groups in total. The summed E-state index contributed by atoms with van der Waals surface area (Å²) in [5, 5.41) is 9.65. The molecule has 0 spiro atoms. The molecule has 8 heteroatoms. The molecule has 1 heterocycles. The van der Waals surface area contributed by atoms with E-state index in [1.165, 1.54) is 29.1 Å². The molecule has 1 aromatic heterocycles. The molecule has 0 unspecified atom stereocenters. The molecule has 3 aromatic rings. The van der Waals surface area contributed by atoms with Gasteiger partial charge in [0.05, 0.1) is 11.8 Å². The predicted octanol–water partition coefficient (Wildman–Crippen LogP) is 3.19. The number of carboxylic acid groups (broad SMARTS) is 1. The summed E-state index contributed by atoms with van der Waals surface area (Å²) in [6.45, 7) is -0.331. The Morgan fingerprint density at radius 1 is 1.28 bits per heavy atom. The molecule has 6 nitrogen and oxygen atoms in total. The summed E-state index contributed by atoms with van der Waals surface area (Å²) < 4.78 is 7.56. The first-order valence-corrected chi connectivity index (χ1v) is 8.42. The number of aromatic nitrogens is 1. The van der Waals surface area contributed by atoms with E-state index in [1.807, 2.05) is 6.07 Å². The van der Waals surface area contributed by atoms with Crippen LogP contribution in [0.25, 0.3) is 10.2 Å². The Kier molecular flexibility index (Phi) is 4.87. The maximum Gasteiger partial charge on any atom is 0.323 e. The maximum absolute atomic E-state index is 12.4. The number of rotatable bonds is 4. The molecule has 0 saturated heterocycles. The summed E-state index contributed by atoms with van der Waals surface area (Å²) in [5.74, 6) is -1.01. The summed E-state index contributed by atoms with van der Waals surface area (Å²) in [6, 6.07) is 11.8. The van der Waals surface area contributed by atoms with E-state index < -0.39 is 11.9 Å². The van der Waals surface area contributed by atoms with Crippen LogP contribution in [0.1, 0.15) is 10.4 Å². The Bertz CT molecular complexity index is 1040. The van der Waals surface area contributed by atoms with Crippen LogP contribution < -0.4 is 9.54 Å². The zero-order valence-corrected chi connectivity index (χ0v) is 14.7. The minimum absolute atomic E-state index is 0.284. The SMILES string of the molecule is COc1cccc2s/c(=N\C(=O)c3cccc(Cl)c3)n(CC(=O)O)c12. The highest BCUT2D eigenvalue weighted by Crippen LogP contribution is 2.27. The lowest BCUT2D eigenvalue weighted by molar-refractivity contribution is -0.137. The van der Waals surface area contributed by atoms with Gasteiger partial charge in [-0.05, 0) is 30.3 Å². The summed E-state index contributed by atoms with van der Waals surface area (Å²) in [7, 11) is 1.51. The van der Waals surface area contributed by atoms with E-state index in [0.717, 1.165) is 4.70 Å². The lowest BCUT2D eigenvalue weighted by atomic mass is 10.2. The van der Waals surface area contributed by atoms with Crippen molar-refractivity contribution in [2.75, 3.05) is 7.11 Å². The first kappa shape index (κ1) is 17.2. The normalized spacial score (nSPS) is 11.7. The summed E-state index contributed by atoms with van der Waals surface area (Å²) in [4.78, 5) is 28.1. The third-order valence-corrected chi connectivity index (χ3v) is 4.72. The number of amides is 1. The van der Waals surface area contributed by atoms with Crippen LogP contribution in [0.3, 0.4) is 0 Å². The van der Waals surface area contributed by atoms with Crippen LogP contribution >= 0.6 is 22.9 Å². The molecule has 128 valence electrons. The molecule has 0 radical (unpaired) electrons. The second-order valence-corrected chi connectivity index (χ2v) is 6.54. The van der Waals surface area contributed by atoms with Crippen molar-refractivity contribution in [1.82, 2.24) is 4.57 Å². The molecule has 0 bridgehead atoms. The highest BCUT2D eigenvalue weighted by atomic mass is 35.5. The summed E-state index contributed by atoms with van der Waals surface area (Å²) in [6.07, 6.45) is 0. The molecule has 0 fully saturated rings. The van der Waals surface area contributed by atoms with Gasteiger partial charge in [0, 0.05) is 10.6 Å². The van der Waals surface area contributed by atoms with Gasteiger partial charge in [0.25, 0.3) is 5.91 Å². The molecule has 0 saturated carbocycles. The first-order valence-electron chi connectivity index (χ1n) is 7.22. The van der Waals surface area contributed by atoms with Crippen molar-refractivity contribution >= 4 is 45.0 Å². The number of fused-ring (bicyclic) bond motifs is 1. The molecule has 0 aliphatic heterocycles. The van der Waals surface area contributed by atoms with Crippen molar-refractivity contribution in [3.8, 4) is 5.75 Å². The fourth-order valence-electron chi connectivity index (χ4n) is 2.40. The Morgan fingerprint density at radius 3 is 2.72 bits per heavy atom. The lowest BCUT2D eigenvalue weighted by Gasteiger charge is -2.06. The standard InChI is InChI=1S/C17H13ClN2O4S/c1-24-12-6-3-7-13-15(12)20(9-14(21)22)17(25-13)19-16(23)10-4-2-5-11(18)8-10/h2-8H,9H2,1H3,(H,21,22)/b19-17-. The second-order valence-electron chi connectivity index (χ2n) is 5.10. The number of hydrogen-bond donors (Lipinski definition) is 1. The van der Waals surface area contributed by atoms with Gasteiger partial charge in [0.2, 0.25) is 0 Å². The van der Waals surface area contributed by atoms with E-state index in [9.17, 15) is 14.7 Å². The van der Waals surface area contributed by atoms with Gasteiger partial charge in [0.15, 0.2) is 4.80 Å². The van der Waals surface area contributed by atoms with E-state index in [1.54, 1.807) is 30.3 Å². The van der Waals surface area contributed by atoms with Gasteiger partial charge >= 0.3 is 5.97 Å². The Morgan fingerprint density at radius 2 is 2.04 bits per heavy atom. The van der Waals surface area contributed by atoms with Gasteiger partial charge in [-0.3, -0.25) is 9.59 Å². The van der Waals surface area contributed by atoms with E-state index in [0.29, 0.717) is 21.9 Å². The molecule has 0 aliphatic carbocycles. The van der Waals surface area contributed by atoms with E-state index in [2.05, 4.69) is 4.99 Å². The summed E-state index contributed by atoms with van der Waals surface area (Å²) in [5.41, 5.74) is 0.925. The van der Waals surface area contributed by atoms with Crippen molar-refractivity contribution in [3.63, 3.8) is 0 Å². The van der Waals surface area contributed by atoms with Crippen molar-refractivity contribution in [1.29, 1.82) is 0 Å². The van der Waals surface area contributed by atoms with Crippen molar-refractivity contribution < 1.29 is 19.4 Å². The topological polar surface area (TPSA) is 80.9 Å². The summed E-state index contributed by atoms with van der Waals surface area (Å²) >= 11 is 7.13. The third kappa shape index (κ3) is 3.57. The molecule has 0 atom stereocenters. The van der Waals surface area contributed by atoms with Crippen LogP contribution in [0.4, 0.5) is 0 Å². The zero-order chi connectivity index (χ0) is 18.0. The van der Waals surface area contributed by atoms with Gasteiger partial charge in [-0.15, -0.1) is 0 Å². The number of thiazole rings is 1. The Labute approximate surface area is 151 Å². The van der Waals surface area contributed by atoms with Crippen molar-refractivity contribution in [2.24, 2.45) is 4.99 Å². The quantitative estimate of drug-likeness (QED) is 0.758. The number of methoxy groups -OCH3 is 1. The van der Waals surface area contributed by atoms with Crippen molar-refractivity contribution in [2.45, 2.75) is 6.54 Å². The maximum atomic E-state index is 12.4. The van der Waals surface area contributed by atoms with Gasteiger partial charge in [-0.2, -0.15) is 4.99 Å². The zero-order valence-electron chi connectivity index (χ0n) is 13.1. The molecular weight excluding hydrogens is 364 g/mol. The number of halogens is 1. The minimum Gasteiger partial charge on any atom is -0.495 e. The number of ether oxygens (including phenoxy) is 1. The van der Waals surface area contributed by atoms with Crippen LogP contribution in [-0.4, -0.2) is 28.7 Å². The molecule has 2 aromatic carbocycles. The second kappa shape index (κ2) is 7.08. The molecule has 0 aliphatic rings. The van der Waals surface area contributed by atoms with Crippen LogP contribution in [0.15, 0.2) is 47.5 Å². The van der Waals surface area contributed by atoms with Gasteiger partial charge in [-0.25, -0.2) is 0 Å². The van der Waals surface area contributed by atoms with Crippen LogP contribution in [0.5, 0.6) is 5.75 Å². The molecule has 3 rings (SSSR count). The molecule has 25 heavy (non-hydrogen) atoms. The average molecular weight is 377 g/mol. The first-order chi connectivity index (χ1) is 12.0. The number of carbonyl (C=O) groups is 2. The minimum atomic E-state index is -1.04. The fraction of sp³-hybridized carbons (Fsp3) is 0.118. The van der Waals surface area contributed by atoms with Crippen LogP contribution in [0, 0.1) is 0 Å². The smallest absolute Gasteiger partial charge is 0.323 e. The lowest BCUT2D eigenvalue weighted by Crippen LogP contribution is -2.21. The predicted molar refractivity (Wildman–Crippen MR) is 95.3 cm³/mol. The third-order valence-electron chi connectivity index (χ3n) is 3.45. The number of carboxylic acids is 1. The Balaban J connectivity index is 2.21. The van der Waals surface area contributed by atoms with Gasteiger partial charge < -0.3 is 14.4 Å². The highest BCUT2D eigenvalue weighted by Gasteiger charge is 2.15. The van der Waals surface area contributed by atoms with E-state index in [-0.39, 0.29) is 11.3 Å². The van der Waals surface area contributed by atoms with Crippen molar-refractivity contribution in [3.05, 3.63) is 57.9 Å².